The van der Waals surface area contributed by atoms with Gasteiger partial charge in [-0.2, -0.15) is 4.31 Å². The van der Waals surface area contributed by atoms with Crippen molar-refractivity contribution in [2.24, 2.45) is 0 Å². The van der Waals surface area contributed by atoms with Crippen molar-refractivity contribution in [1.82, 2.24) is 14.3 Å². The first-order valence-corrected chi connectivity index (χ1v) is 8.34. The Balaban J connectivity index is 2.51. The van der Waals surface area contributed by atoms with Crippen LogP contribution in [0.3, 0.4) is 0 Å². The second-order valence-corrected chi connectivity index (χ2v) is 6.98. The van der Waals surface area contributed by atoms with Crippen LogP contribution in [0.4, 0.5) is 0 Å². The summed E-state index contributed by atoms with van der Waals surface area (Å²) in [5.41, 5.74) is 1.56. The van der Waals surface area contributed by atoms with Gasteiger partial charge in [-0.1, -0.05) is 27.7 Å². The van der Waals surface area contributed by atoms with Gasteiger partial charge in [-0.15, -0.1) is 0 Å². The van der Waals surface area contributed by atoms with Crippen molar-refractivity contribution < 1.29 is 8.42 Å². The molecule has 0 aliphatic carbocycles. The second kappa shape index (κ2) is 5.54. The fourth-order valence-corrected chi connectivity index (χ4v) is 3.64. The van der Waals surface area contributed by atoms with Crippen LogP contribution in [0.1, 0.15) is 39.4 Å². The molecule has 0 fully saturated rings. The Morgan fingerprint density at radius 3 is 2.45 bits per heavy atom. The number of aromatic amines is 1. The zero-order valence-electron chi connectivity index (χ0n) is 12.3. The molecule has 5 nitrogen and oxygen atoms in total. The Kier molecular flexibility index (Phi) is 4.15. The molecule has 1 N–H and O–H groups in total. The molecule has 0 radical (unpaired) electrons. The largest absolute Gasteiger partial charge is 0.342 e. The lowest BCUT2D eigenvalue weighted by molar-refractivity contribution is 0.445. The third-order valence-electron chi connectivity index (χ3n) is 3.36. The normalized spacial score (nSPS) is 12.7. The number of sulfonamides is 1. The summed E-state index contributed by atoms with van der Waals surface area (Å²) in [7, 11) is -3.42. The summed E-state index contributed by atoms with van der Waals surface area (Å²) in [5, 5.41) is 0. The third-order valence-corrected chi connectivity index (χ3v) is 5.41. The maximum absolute atomic E-state index is 12.5. The number of nitrogens with one attached hydrogen (secondary N) is 1. The molecule has 0 saturated heterocycles. The average molecular weight is 295 g/mol. The summed E-state index contributed by atoms with van der Waals surface area (Å²) in [6.07, 6.45) is 0. The first-order valence-electron chi connectivity index (χ1n) is 6.90. The van der Waals surface area contributed by atoms with Gasteiger partial charge in [0.1, 0.15) is 5.82 Å². The highest BCUT2D eigenvalue weighted by atomic mass is 32.2. The third kappa shape index (κ3) is 2.58. The van der Waals surface area contributed by atoms with Gasteiger partial charge in [-0.05, 0) is 18.2 Å². The van der Waals surface area contributed by atoms with Crippen LogP contribution in [0.25, 0.3) is 11.0 Å². The van der Waals surface area contributed by atoms with Crippen molar-refractivity contribution >= 4 is 21.1 Å². The number of aromatic nitrogens is 2. The molecule has 0 atom stereocenters. The average Bonchev–Trinajstić information content (AvgIpc) is 2.82. The van der Waals surface area contributed by atoms with Crippen LogP contribution in [-0.2, 0) is 10.0 Å². The molecule has 2 aromatic rings. The summed E-state index contributed by atoms with van der Waals surface area (Å²) < 4.78 is 26.4. The summed E-state index contributed by atoms with van der Waals surface area (Å²) in [6.45, 7) is 8.71. The topological polar surface area (TPSA) is 66.1 Å². The van der Waals surface area contributed by atoms with Crippen molar-refractivity contribution in [3.8, 4) is 0 Å². The Hall–Kier alpha value is -1.40. The fraction of sp³-hybridized carbons (Fsp3) is 0.500. The number of rotatable bonds is 5. The van der Waals surface area contributed by atoms with Gasteiger partial charge in [0.25, 0.3) is 0 Å². The number of hydrogen-bond donors (Lipinski definition) is 1. The highest BCUT2D eigenvalue weighted by Gasteiger charge is 2.22. The molecule has 0 aliphatic rings. The predicted molar refractivity (Wildman–Crippen MR) is 80.3 cm³/mol. The lowest BCUT2D eigenvalue weighted by atomic mass is 10.2. The molecule has 1 aromatic heterocycles. The minimum atomic E-state index is -3.42. The van der Waals surface area contributed by atoms with E-state index in [4.69, 9.17) is 0 Å². The number of fused-ring (bicyclic) bond motifs is 1. The van der Waals surface area contributed by atoms with E-state index in [-0.39, 0.29) is 5.92 Å². The van der Waals surface area contributed by atoms with Crippen molar-refractivity contribution in [3.63, 3.8) is 0 Å². The molecule has 1 aromatic carbocycles. The van der Waals surface area contributed by atoms with Crippen LogP contribution in [0.15, 0.2) is 23.1 Å². The quantitative estimate of drug-likeness (QED) is 0.922. The molecule has 110 valence electrons. The number of nitrogens with zero attached hydrogens (tertiary/aromatic N) is 2. The zero-order chi connectivity index (χ0) is 14.9. The van der Waals surface area contributed by atoms with Gasteiger partial charge in [-0.25, -0.2) is 13.4 Å². The van der Waals surface area contributed by atoms with E-state index in [0.29, 0.717) is 18.0 Å². The second-order valence-electron chi connectivity index (χ2n) is 5.05. The summed E-state index contributed by atoms with van der Waals surface area (Å²) in [6, 6.07) is 5.05. The zero-order valence-corrected chi connectivity index (χ0v) is 13.2. The molecule has 0 spiro atoms. The van der Waals surface area contributed by atoms with Gasteiger partial charge in [0, 0.05) is 19.0 Å². The minimum absolute atomic E-state index is 0.283. The van der Waals surface area contributed by atoms with E-state index >= 15 is 0 Å². The van der Waals surface area contributed by atoms with Crippen molar-refractivity contribution in [1.29, 1.82) is 0 Å². The molecule has 0 saturated carbocycles. The van der Waals surface area contributed by atoms with E-state index in [1.54, 1.807) is 18.2 Å². The predicted octanol–water partition coefficient (Wildman–Crippen LogP) is 2.72. The lowest BCUT2D eigenvalue weighted by Crippen LogP contribution is -2.30. The van der Waals surface area contributed by atoms with Gasteiger partial charge in [0.15, 0.2) is 0 Å². The van der Waals surface area contributed by atoms with Crippen LogP contribution in [0.5, 0.6) is 0 Å². The SMILES string of the molecule is CCN(CC)S(=O)(=O)c1ccc2nc(C(C)C)[nH]c2c1. The number of hydrogen-bond acceptors (Lipinski definition) is 3. The first kappa shape index (κ1) is 15.0. The van der Waals surface area contributed by atoms with Crippen LogP contribution in [0.2, 0.25) is 0 Å². The van der Waals surface area contributed by atoms with Gasteiger partial charge in [0.05, 0.1) is 15.9 Å². The van der Waals surface area contributed by atoms with E-state index in [1.807, 2.05) is 27.7 Å². The van der Waals surface area contributed by atoms with Crippen molar-refractivity contribution in [2.75, 3.05) is 13.1 Å². The Bertz CT molecular complexity index is 700. The molecule has 1 heterocycles. The Labute approximate surface area is 120 Å². The van der Waals surface area contributed by atoms with E-state index in [0.717, 1.165) is 16.9 Å². The van der Waals surface area contributed by atoms with E-state index < -0.39 is 10.0 Å². The first-order chi connectivity index (χ1) is 9.40. The number of imidazole rings is 1. The maximum Gasteiger partial charge on any atom is 0.243 e. The van der Waals surface area contributed by atoms with E-state index in [2.05, 4.69) is 9.97 Å². The van der Waals surface area contributed by atoms with Crippen LogP contribution >= 0.6 is 0 Å². The standard InChI is InChI=1S/C14H21N3O2S/c1-5-17(6-2)20(18,19)11-7-8-12-13(9-11)16-14(15-12)10(3)4/h7-10H,5-6H2,1-4H3,(H,15,16). The molecule has 0 bridgehead atoms. The summed E-state index contributed by atoms with van der Waals surface area (Å²) >= 11 is 0. The van der Waals surface area contributed by atoms with Gasteiger partial charge in [-0.3, -0.25) is 0 Å². The fourth-order valence-electron chi connectivity index (χ4n) is 2.15. The minimum Gasteiger partial charge on any atom is -0.342 e. The number of benzene rings is 1. The van der Waals surface area contributed by atoms with Gasteiger partial charge >= 0.3 is 0 Å². The molecule has 0 aliphatic heterocycles. The molecule has 0 unspecified atom stereocenters. The monoisotopic (exact) mass is 295 g/mol. The van der Waals surface area contributed by atoms with Gasteiger partial charge in [0.2, 0.25) is 10.0 Å². The van der Waals surface area contributed by atoms with Crippen LogP contribution in [0, 0.1) is 0 Å². The van der Waals surface area contributed by atoms with Crippen LogP contribution in [-0.4, -0.2) is 35.8 Å². The van der Waals surface area contributed by atoms with E-state index in [9.17, 15) is 8.42 Å². The van der Waals surface area contributed by atoms with Crippen molar-refractivity contribution in [3.05, 3.63) is 24.0 Å². The highest BCUT2D eigenvalue weighted by Crippen LogP contribution is 2.22. The van der Waals surface area contributed by atoms with E-state index in [1.165, 1.54) is 4.31 Å². The Morgan fingerprint density at radius 2 is 1.90 bits per heavy atom. The molecule has 6 heteroatoms. The Morgan fingerprint density at radius 1 is 1.25 bits per heavy atom. The summed E-state index contributed by atoms with van der Waals surface area (Å²) in [5.74, 6) is 1.16. The van der Waals surface area contributed by atoms with Crippen molar-refractivity contribution in [2.45, 2.75) is 38.5 Å². The maximum atomic E-state index is 12.5. The molecule has 20 heavy (non-hydrogen) atoms. The summed E-state index contributed by atoms with van der Waals surface area (Å²) in [4.78, 5) is 7.96. The molecule has 2 rings (SSSR count). The highest BCUT2D eigenvalue weighted by molar-refractivity contribution is 7.89. The lowest BCUT2D eigenvalue weighted by Gasteiger charge is -2.18. The molecule has 0 amide bonds. The smallest absolute Gasteiger partial charge is 0.243 e. The van der Waals surface area contributed by atoms with Crippen LogP contribution < -0.4 is 0 Å². The molecular weight excluding hydrogens is 274 g/mol. The molecular formula is C14H21N3O2S. The van der Waals surface area contributed by atoms with Gasteiger partial charge < -0.3 is 4.98 Å². The number of H-pyrrole nitrogens is 1.